The van der Waals surface area contributed by atoms with Crippen molar-refractivity contribution in [1.29, 1.82) is 0 Å². The van der Waals surface area contributed by atoms with Crippen LogP contribution in [0.15, 0.2) is 41.3 Å². The van der Waals surface area contributed by atoms with E-state index < -0.39 is 15.9 Å². The van der Waals surface area contributed by atoms with Crippen molar-refractivity contribution in [3.05, 3.63) is 51.5 Å². The minimum absolute atomic E-state index is 0.0252. The summed E-state index contributed by atoms with van der Waals surface area (Å²) in [5, 5.41) is 3.39. The minimum atomic E-state index is -3.61. The summed E-state index contributed by atoms with van der Waals surface area (Å²) < 4.78 is 30.5. The fraction of sp³-hybridized carbons (Fsp3) is 0.188. The van der Waals surface area contributed by atoms with E-state index >= 15 is 0 Å². The van der Waals surface area contributed by atoms with E-state index in [0.717, 1.165) is 4.31 Å². The van der Waals surface area contributed by atoms with Gasteiger partial charge in [0.05, 0.1) is 20.6 Å². The molecular weight excluding hydrogens is 423 g/mol. The molecule has 0 bridgehead atoms. The molecule has 6 nitrogen and oxygen atoms in total. The van der Waals surface area contributed by atoms with Crippen molar-refractivity contribution in [2.24, 2.45) is 0 Å². The molecule has 0 saturated heterocycles. The van der Waals surface area contributed by atoms with Gasteiger partial charge in [-0.1, -0.05) is 34.8 Å². The number of ether oxygens (including phenoxy) is 1. The molecule has 2 rings (SSSR count). The van der Waals surface area contributed by atoms with Crippen molar-refractivity contribution in [1.82, 2.24) is 4.31 Å². The second-order valence-electron chi connectivity index (χ2n) is 5.34. The molecule has 0 fully saturated rings. The molecule has 2 aromatic carbocycles. The molecule has 0 aliphatic carbocycles. The quantitative estimate of drug-likeness (QED) is 0.743. The fourth-order valence-electron chi connectivity index (χ4n) is 1.89. The predicted octanol–water partition coefficient (Wildman–Crippen LogP) is 3.91. The Hall–Kier alpha value is -1.51. The SMILES string of the molecule is CN(C)S(=O)(=O)c1ccc(OCC(=O)Nc2ccc(Cl)cc2Cl)c(Cl)c1. The monoisotopic (exact) mass is 436 g/mol. The van der Waals surface area contributed by atoms with Gasteiger partial charge in [-0.25, -0.2) is 12.7 Å². The van der Waals surface area contributed by atoms with Crippen LogP contribution in [-0.4, -0.2) is 39.3 Å². The van der Waals surface area contributed by atoms with E-state index in [4.69, 9.17) is 39.5 Å². The second-order valence-corrected chi connectivity index (χ2v) is 8.74. The van der Waals surface area contributed by atoms with E-state index in [1.807, 2.05) is 0 Å². The molecule has 0 unspecified atom stereocenters. The second kappa shape index (κ2) is 8.45. The van der Waals surface area contributed by atoms with E-state index in [-0.39, 0.29) is 22.3 Å². The number of benzene rings is 2. The first kappa shape index (κ1) is 20.8. The van der Waals surface area contributed by atoms with Gasteiger partial charge < -0.3 is 10.1 Å². The van der Waals surface area contributed by atoms with Crippen LogP contribution >= 0.6 is 34.8 Å². The zero-order valence-electron chi connectivity index (χ0n) is 13.8. The summed E-state index contributed by atoms with van der Waals surface area (Å²) in [6, 6.07) is 8.66. The molecule has 0 heterocycles. The summed E-state index contributed by atoms with van der Waals surface area (Å²) in [4.78, 5) is 12.0. The Balaban J connectivity index is 2.04. The highest BCUT2D eigenvalue weighted by molar-refractivity contribution is 7.89. The molecule has 2 aromatic rings. The first-order valence-electron chi connectivity index (χ1n) is 7.21. The van der Waals surface area contributed by atoms with E-state index in [9.17, 15) is 13.2 Å². The number of nitrogens with zero attached hydrogens (tertiary/aromatic N) is 1. The number of carbonyl (C=O) groups is 1. The smallest absolute Gasteiger partial charge is 0.262 e. The van der Waals surface area contributed by atoms with Crippen molar-refractivity contribution in [2.45, 2.75) is 4.90 Å². The van der Waals surface area contributed by atoms with E-state index in [0.29, 0.717) is 15.7 Å². The van der Waals surface area contributed by atoms with Gasteiger partial charge in [-0.15, -0.1) is 0 Å². The highest BCUT2D eigenvalue weighted by Crippen LogP contribution is 2.29. The average Bonchev–Trinajstić information content (AvgIpc) is 2.56. The van der Waals surface area contributed by atoms with Crippen LogP contribution < -0.4 is 10.1 Å². The standard InChI is InChI=1S/C16H15Cl3N2O4S/c1-21(2)26(23,24)11-4-6-15(13(19)8-11)25-9-16(22)20-14-5-3-10(17)7-12(14)18/h3-8H,9H2,1-2H3,(H,20,22). The average molecular weight is 438 g/mol. The number of anilines is 1. The third-order valence-electron chi connectivity index (χ3n) is 3.25. The van der Waals surface area contributed by atoms with Crippen LogP contribution in [0.4, 0.5) is 5.69 Å². The van der Waals surface area contributed by atoms with Gasteiger partial charge in [0.2, 0.25) is 10.0 Å². The molecule has 0 saturated carbocycles. The summed E-state index contributed by atoms with van der Waals surface area (Å²) >= 11 is 17.8. The third kappa shape index (κ3) is 5.02. The van der Waals surface area contributed by atoms with Crippen molar-refractivity contribution in [3.8, 4) is 5.75 Å². The van der Waals surface area contributed by atoms with Crippen LogP contribution in [0.3, 0.4) is 0 Å². The Bertz CT molecular complexity index is 933. The van der Waals surface area contributed by atoms with Gasteiger partial charge in [0.15, 0.2) is 6.61 Å². The molecule has 26 heavy (non-hydrogen) atoms. The largest absolute Gasteiger partial charge is 0.482 e. The van der Waals surface area contributed by atoms with Crippen LogP contribution in [0.5, 0.6) is 5.75 Å². The van der Waals surface area contributed by atoms with Crippen molar-refractivity contribution in [3.63, 3.8) is 0 Å². The van der Waals surface area contributed by atoms with Gasteiger partial charge in [0.1, 0.15) is 5.75 Å². The summed E-state index contributed by atoms with van der Waals surface area (Å²) in [5.74, 6) is -0.281. The molecule has 1 N–H and O–H groups in total. The lowest BCUT2D eigenvalue weighted by atomic mass is 10.3. The Morgan fingerprint density at radius 3 is 2.35 bits per heavy atom. The zero-order chi connectivity index (χ0) is 19.5. The Kier molecular flexibility index (Phi) is 6.76. The van der Waals surface area contributed by atoms with Crippen LogP contribution in [-0.2, 0) is 14.8 Å². The molecule has 10 heteroatoms. The highest BCUT2D eigenvalue weighted by atomic mass is 35.5. The highest BCUT2D eigenvalue weighted by Gasteiger charge is 2.19. The predicted molar refractivity (Wildman–Crippen MR) is 103 cm³/mol. The third-order valence-corrected chi connectivity index (χ3v) is 5.90. The molecule has 1 amide bonds. The first-order valence-corrected chi connectivity index (χ1v) is 9.78. The topological polar surface area (TPSA) is 75.7 Å². The zero-order valence-corrected chi connectivity index (χ0v) is 16.9. The number of hydrogen-bond donors (Lipinski definition) is 1. The van der Waals surface area contributed by atoms with E-state index in [1.165, 1.54) is 38.4 Å². The summed E-state index contributed by atoms with van der Waals surface area (Å²) in [5.41, 5.74) is 0.392. The van der Waals surface area contributed by atoms with Gasteiger partial charge in [-0.05, 0) is 36.4 Å². The van der Waals surface area contributed by atoms with Crippen LogP contribution in [0, 0.1) is 0 Å². The molecule has 0 atom stereocenters. The number of carbonyl (C=O) groups excluding carboxylic acids is 1. The lowest BCUT2D eigenvalue weighted by Crippen LogP contribution is -2.22. The van der Waals surface area contributed by atoms with Crippen LogP contribution in [0.25, 0.3) is 0 Å². The summed E-state index contributed by atoms with van der Waals surface area (Å²) in [6.07, 6.45) is 0. The lowest BCUT2D eigenvalue weighted by molar-refractivity contribution is -0.118. The van der Waals surface area contributed by atoms with Gasteiger partial charge in [-0.3, -0.25) is 4.79 Å². The van der Waals surface area contributed by atoms with Gasteiger partial charge in [0, 0.05) is 19.1 Å². The van der Waals surface area contributed by atoms with Crippen molar-refractivity contribution >= 4 is 56.4 Å². The maximum atomic E-state index is 12.1. The van der Waals surface area contributed by atoms with Gasteiger partial charge in [-0.2, -0.15) is 0 Å². The Morgan fingerprint density at radius 2 is 1.77 bits per heavy atom. The molecule has 0 spiro atoms. The Labute approximate surface area is 166 Å². The number of hydrogen-bond acceptors (Lipinski definition) is 4. The molecule has 0 radical (unpaired) electrons. The maximum Gasteiger partial charge on any atom is 0.262 e. The van der Waals surface area contributed by atoms with Gasteiger partial charge >= 0.3 is 0 Å². The van der Waals surface area contributed by atoms with Crippen molar-refractivity contribution < 1.29 is 17.9 Å². The Morgan fingerprint density at radius 1 is 1.08 bits per heavy atom. The molecular formula is C16H15Cl3N2O4S. The number of nitrogens with one attached hydrogen (secondary N) is 1. The normalized spacial score (nSPS) is 11.5. The summed E-state index contributed by atoms with van der Waals surface area (Å²) in [7, 11) is -0.775. The number of amides is 1. The molecule has 0 aliphatic heterocycles. The van der Waals surface area contributed by atoms with Crippen LogP contribution in [0.2, 0.25) is 15.1 Å². The van der Waals surface area contributed by atoms with E-state index in [2.05, 4.69) is 5.32 Å². The summed E-state index contributed by atoms with van der Waals surface area (Å²) in [6.45, 7) is -0.335. The minimum Gasteiger partial charge on any atom is -0.482 e. The fourth-order valence-corrected chi connectivity index (χ4v) is 3.57. The van der Waals surface area contributed by atoms with Crippen molar-refractivity contribution in [2.75, 3.05) is 26.0 Å². The molecule has 0 aromatic heterocycles. The van der Waals surface area contributed by atoms with Crippen LogP contribution in [0.1, 0.15) is 0 Å². The number of sulfonamides is 1. The maximum absolute atomic E-state index is 12.1. The van der Waals surface area contributed by atoms with E-state index in [1.54, 1.807) is 12.1 Å². The first-order chi connectivity index (χ1) is 12.1. The molecule has 0 aliphatic rings. The lowest BCUT2D eigenvalue weighted by Gasteiger charge is -2.13. The molecule has 140 valence electrons. The van der Waals surface area contributed by atoms with Gasteiger partial charge in [0.25, 0.3) is 5.91 Å². The number of halogens is 3. The number of rotatable bonds is 6.